The van der Waals surface area contributed by atoms with Crippen LogP contribution >= 0.6 is 0 Å². The molecule has 1 aromatic heterocycles. The number of aliphatic hydroxyl groups excluding tert-OH is 1. The second kappa shape index (κ2) is 12.6. The molecule has 0 amide bonds. The van der Waals surface area contributed by atoms with Crippen LogP contribution in [-0.4, -0.2) is 30.1 Å². The van der Waals surface area contributed by atoms with Gasteiger partial charge in [-0.1, -0.05) is 62.7 Å². The number of esters is 1. The van der Waals surface area contributed by atoms with E-state index in [4.69, 9.17) is 4.74 Å². The average Bonchev–Trinajstić information content (AvgIpc) is 2.94. The van der Waals surface area contributed by atoms with E-state index < -0.39 is 44.3 Å². The Morgan fingerprint density at radius 2 is 1.79 bits per heavy atom. The summed E-state index contributed by atoms with van der Waals surface area (Å²) < 4.78 is 72.6. The first-order valence-corrected chi connectivity index (χ1v) is 15.2. The Morgan fingerprint density at radius 3 is 2.38 bits per heavy atom. The van der Waals surface area contributed by atoms with E-state index in [-0.39, 0.29) is 23.4 Å². The molecule has 0 saturated heterocycles. The third kappa shape index (κ3) is 7.13. The number of cyclic esters (lactones) is 1. The van der Waals surface area contributed by atoms with Crippen LogP contribution in [0, 0.1) is 0 Å². The molecule has 0 spiro atoms. The van der Waals surface area contributed by atoms with Crippen molar-refractivity contribution in [1.29, 1.82) is 0 Å². The highest BCUT2D eigenvalue weighted by atomic mass is 32.2. The number of carbonyl (C=O) groups excluding carboxylic acids is 1. The standard InChI is InChI=1S/C31H33F3N2O5S/c1-3-16-30(17-15-21-9-6-5-7-10-21)19-26(37)28(29(38)41-30)25(4-2)22-11-8-12-24(18-22)36-42(39,40)27-14-13-23(20-35-27)31(32,33)34/h5-14,18,20,25,36-37H,3-4,15-17,19H2,1-2H3/t25-,30-/m1/s1/i8+1,11+1,12+1,18+1,22+1,24+1. The third-order valence-electron chi connectivity index (χ3n) is 7.38. The highest BCUT2D eigenvalue weighted by molar-refractivity contribution is 7.92. The molecule has 1 aliphatic rings. The van der Waals surface area contributed by atoms with Gasteiger partial charge in [-0.05, 0) is 61.1 Å². The summed E-state index contributed by atoms with van der Waals surface area (Å²) in [4.78, 5) is 16.9. The maximum atomic E-state index is 13.4. The number of pyridine rings is 1. The van der Waals surface area contributed by atoms with E-state index in [1.54, 1.807) is 12.1 Å². The van der Waals surface area contributed by atoms with Crippen molar-refractivity contribution in [2.24, 2.45) is 0 Å². The quantitative estimate of drug-likeness (QED) is 0.221. The van der Waals surface area contributed by atoms with E-state index >= 15 is 0 Å². The maximum absolute atomic E-state index is 13.4. The Bertz CT molecular complexity index is 1540. The van der Waals surface area contributed by atoms with Crippen molar-refractivity contribution >= 4 is 21.7 Å². The number of aliphatic hydroxyl groups is 1. The number of nitrogens with zero attached hydrogens (tertiary/aromatic N) is 1. The minimum Gasteiger partial charge on any atom is -0.512 e. The van der Waals surface area contributed by atoms with Crippen LogP contribution in [0.15, 0.2) is 89.3 Å². The number of hydrogen-bond donors (Lipinski definition) is 2. The van der Waals surface area contributed by atoms with Gasteiger partial charge in [0.25, 0.3) is 10.0 Å². The van der Waals surface area contributed by atoms with E-state index in [0.29, 0.717) is 43.5 Å². The van der Waals surface area contributed by atoms with Crippen molar-refractivity contribution in [2.45, 2.75) is 75.1 Å². The molecule has 0 bridgehead atoms. The number of aryl methyl sites for hydroxylation is 1. The lowest BCUT2D eigenvalue weighted by Gasteiger charge is -2.38. The first-order chi connectivity index (χ1) is 19.9. The van der Waals surface area contributed by atoms with Gasteiger partial charge >= 0.3 is 12.1 Å². The molecule has 0 unspecified atom stereocenters. The summed E-state index contributed by atoms with van der Waals surface area (Å²) >= 11 is 0. The fraction of sp³-hybridized carbons (Fsp3) is 0.355. The van der Waals surface area contributed by atoms with Gasteiger partial charge in [0.15, 0.2) is 5.03 Å². The number of carbonyl (C=O) groups is 1. The Labute approximate surface area is 243 Å². The molecular weight excluding hydrogens is 575 g/mol. The summed E-state index contributed by atoms with van der Waals surface area (Å²) in [6, 6.07) is 17.6. The van der Waals surface area contributed by atoms with Gasteiger partial charge in [0.05, 0.1) is 11.1 Å². The van der Waals surface area contributed by atoms with Crippen LogP contribution in [0.4, 0.5) is 18.9 Å². The number of hydrogen-bond acceptors (Lipinski definition) is 6. The fourth-order valence-corrected chi connectivity index (χ4v) is 6.35. The lowest BCUT2D eigenvalue weighted by Crippen LogP contribution is -2.41. The molecule has 2 N–H and O–H groups in total. The minimum absolute atomic E-state index is 0.0421. The number of nitrogens with one attached hydrogen (secondary N) is 1. The topological polar surface area (TPSA) is 106 Å². The Kier molecular flexibility index (Phi) is 9.30. The Balaban J connectivity index is 1.57. The van der Waals surface area contributed by atoms with Crippen LogP contribution in [0.5, 0.6) is 0 Å². The number of alkyl halides is 3. The maximum Gasteiger partial charge on any atom is 0.417 e. The summed E-state index contributed by atoms with van der Waals surface area (Å²) in [5, 5.41) is 10.6. The molecule has 3 aromatic rings. The highest BCUT2D eigenvalue weighted by Gasteiger charge is 2.43. The molecule has 11 heteroatoms. The van der Waals surface area contributed by atoms with Crippen LogP contribution in [-0.2, 0) is 32.2 Å². The van der Waals surface area contributed by atoms with Crippen molar-refractivity contribution in [3.05, 3.63) is 101 Å². The number of aromatic nitrogens is 1. The number of sulfonamides is 1. The zero-order valence-corrected chi connectivity index (χ0v) is 24.1. The molecule has 1 aliphatic heterocycles. The van der Waals surface area contributed by atoms with Gasteiger partial charge in [-0.2, -0.15) is 21.6 Å². The predicted molar refractivity (Wildman–Crippen MR) is 152 cm³/mol. The second-order valence-electron chi connectivity index (χ2n) is 10.4. The summed E-state index contributed by atoms with van der Waals surface area (Å²) in [5.41, 5.74) is 0.0252. The van der Waals surface area contributed by atoms with E-state index in [9.17, 15) is 31.5 Å². The number of ether oxygens (including phenoxy) is 1. The van der Waals surface area contributed by atoms with Crippen LogP contribution < -0.4 is 4.72 Å². The molecule has 42 heavy (non-hydrogen) atoms. The van der Waals surface area contributed by atoms with Gasteiger partial charge in [0.1, 0.15) is 11.4 Å². The van der Waals surface area contributed by atoms with Gasteiger partial charge in [0, 0.05) is 24.2 Å². The zero-order chi connectivity index (χ0) is 30.5. The lowest BCUT2D eigenvalue weighted by atomic mass is 9.82. The predicted octanol–water partition coefficient (Wildman–Crippen LogP) is 7.33. The molecule has 0 saturated carbocycles. The van der Waals surface area contributed by atoms with E-state index in [1.807, 2.05) is 44.2 Å². The number of halogens is 3. The van der Waals surface area contributed by atoms with Crippen molar-refractivity contribution in [3.63, 3.8) is 0 Å². The zero-order valence-electron chi connectivity index (χ0n) is 23.3. The minimum atomic E-state index is -4.65. The Morgan fingerprint density at radius 1 is 1.05 bits per heavy atom. The van der Waals surface area contributed by atoms with Crippen LogP contribution in [0.25, 0.3) is 0 Å². The Hall–Kier alpha value is -3.86. The van der Waals surface area contributed by atoms with Crippen LogP contribution in [0.1, 0.15) is 68.6 Å². The molecule has 2 atom stereocenters. The van der Waals surface area contributed by atoms with Gasteiger partial charge in [0.2, 0.25) is 0 Å². The molecular formula is C31H33F3N2O5S. The van der Waals surface area contributed by atoms with Crippen molar-refractivity contribution in [2.75, 3.05) is 4.72 Å². The van der Waals surface area contributed by atoms with E-state index in [2.05, 4.69) is 9.71 Å². The normalized spacial score (nSPS) is 18.5. The number of anilines is 1. The molecule has 0 fully saturated rings. The third-order valence-corrected chi connectivity index (χ3v) is 8.68. The number of benzene rings is 2. The molecule has 2 aromatic carbocycles. The fourth-order valence-electron chi connectivity index (χ4n) is 5.37. The largest absolute Gasteiger partial charge is 0.512 e. The number of rotatable bonds is 11. The smallest absolute Gasteiger partial charge is 0.417 e. The van der Waals surface area contributed by atoms with Crippen molar-refractivity contribution in [3.8, 4) is 0 Å². The van der Waals surface area contributed by atoms with Crippen LogP contribution in [0.2, 0.25) is 0 Å². The first-order valence-electron chi connectivity index (χ1n) is 13.7. The molecule has 7 nitrogen and oxygen atoms in total. The van der Waals surface area contributed by atoms with E-state index in [0.717, 1.165) is 18.1 Å². The summed E-state index contributed by atoms with van der Waals surface area (Å²) in [6.07, 6.45) is -1.00. The molecule has 224 valence electrons. The monoisotopic (exact) mass is 608 g/mol. The summed E-state index contributed by atoms with van der Waals surface area (Å²) in [5.74, 6) is -1.23. The molecule has 0 radical (unpaired) electrons. The highest BCUT2D eigenvalue weighted by Crippen LogP contribution is 2.42. The SMILES string of the molecule is CCC[C@@]1(CCc2ccccc2)CC(O)=C([C@H](CC)[13c]2[13cH][13cH][13cH][13c](NS(=O)(=O)c3ccc(C(F)(F)F)cn3)[13cH]2)C(=O)O1. The van der Waals surface area contributed by atoms with E-state index in [1.165, 1.54) is 12.1 Å². The van der Waals surface area contributed by atoms with Gasteiger partial charge in [-0.15, -0.1) is 0 Å². The van der Waals surface area contributed by atoms with Crippen LogP contribution in [0.3, 0.4) is 0 Å². The molecule has 2 heterocycles. The molecule has 4 rings (SSSR count). The summed E-state index contributed by atoms with van der Waals surface area (Å²) in [7, 11) is -4.30. The second-order valence-corrected chi connectivity index (χ2v) is 12.0. The average molecular weight is 609 g/mol. The van der Waals surface area contributed by atoms with Gasteiger partial charge in [-0.25, -0.2) is 9.78 Å². The first kappa shape index (κ1) is 31.1. The van der Waals surface area contributed by atoms with Gasteiger partial charge in [-0.3, -0.25) is 4.72 Å². The molecule has 0 aliphatic carbocycles. The van der Waals surface area contributed by atoms with Crippen molar-refractivity contribution in [1.82, 2.24) is 4.98 Å². The lowest BCUT2D eigenvalue weighted by molar-refractivity contribution is -0.161. The van der Waals surface area contributed by atoms with Gasteiger partial charge < -0.3 is 9.84 Å². The van der Waals surface area contributed by atoms with Crippen molar-refractivity contribution < 1.29 is 36.2 Å². The summed E-state index contributed by atoms with van der Waals surface area (Å²) in [6.45, 7) is 3.83.